The van der Waals surface area contributed by atoms with Crippen LogP contribution >= 0.6 is 0 Å². The lowest BCUT2D eigenvalue weighted by Crippen LogP contribution is -1.61. The average molecular weight is 106 g/mol. The van der Waals surface area contributed by atoms with E-state index < -0.39 is 0 Å². The zero-order valence-corrected chi connectivity index (χ0v) is 5.41. The van der Waals surface area contributed by atoms with Gasteiger partial charge in [0.2, 0.25) is 0 Å². The highest BCUT2D eigenvalue weighted by atomic mass is 13.7. The fourth-order valence-corrected chi connectivity index (χ4v) is 0.265. The minimum atomic E-state index is 0.902. The summed E-state index contributed by atoms with van der Waals surface area (Å²) in [4.78, 5) is 0. The number of hydrogen-bond donors (Lipinski definition) is 0. The second-order valence-electron chi connectivity index (χ2n) is 1.46. The van der Waals surface area contributed by atoms with Crippen LogP contribution in [0.5, 0.6) is 0 Å². The monoisotopic (exact) mass is 106 g/mol. The summed E-state index contributed by atoms with van der Waals surface area (Å²) in [7, 11) is 0. The highest BCUT2D eigenvalue weighted by Crippen LogP contribution is 1.82. The molecular weight excluding hydrogens is 96.1 g/mol. The van der Waals surface area contributed by atoms with Crippen molar-refractivity contribution in [3.8, 4) is 11.8 Å². The van der Waals surface area contributed by atoms with Gasteiger partial charge in [0.25, 0.3) is 0 Å². The molecule has 0 spiro atoms. The first-order chi connectivity index (χ1) is 3.81. The number of hydrogen-bond acceptors (Lipinski definition) is 0. The van der Waals surface area contributed by atoms with Gasteiger partial charge in [-0.1, -0.05) is 25.3 Å². The maximum absolute atomic E-state index is 3.45. The Labute approximate surface area is 50.9 Å². The molecule has 0 nitrogen and oxygen atoms in total. The molecule has 8 heavy (non-hydrogen) atoms. The Hall–Kier alpha value is -0.920. The van der Waals surface area contributed by atoms with Crippen LogP contribution in [0.25, 0.3) is 0 Å². The molecule has 0 aliphatic heterocycles. The first-order valence-electron chi connectivity index (χ1n) is 2.66. The van der Waals surface area contributed by atoms with Crippen molar-refractivity contribution >= 4 is 0 Å². The van der Waals surface area contributed by atoms with Gasteiger partial charge in [-0.3, -0.25) is 0 Å². The summed E-state index contributed by atoms with van der Waals surface area (Å²) in [6, 6.07) is 0. The van der Waals surface area contributed by atoms with Crippen LogP contribution in [-0.4, -0.2) is 0 Å². The first-order valence-corrected chi connectivity index (χ1v) is 2.66. The molecule has 0 amide bonds. The molecule has 0 radical (unpaired) electrons. The van der Waals surface area contributed by atoms with Crippen LogP contribution in [0.15, 0.2) is 17.9 Å². The van der Waals surface area contributed by atoms with Crippen LogP contribution in [0.4, 0.5) is 0 Å². The topological polar surface area (TPSA) is 0 Å². The fraction of sp³-hybridized carbons (Fsp3) is 0.375. The molecule has 0 heteroatoms. The minimum Gasteiger partial charge on any atom is -0.116 e. The van der Waals surface area contributed by atoms with Crippen molar-refractivity contribution in [1.82, 2.24) is 0 Å². The Morgan fingerprint density at radius 1 is 1.62 bits per heavy atom. The van der Waals surface area contributed by atoms with Gasteiger partial charge in [0, 0.05) is 12.0 Å². The van der Waals surface area contributed by atoms with E-state index in [1.807, 2.05) is 13.8 Å². The second kappa shape index (κ2) is 4.24. The Morgan fingerprint density at radius 3 is 2.62 bits per heavy atom. The molecule has 0 rings (SSSR count). The highest BCUT2D eigenvalue weighted by molar-refractivity contribution is 5.24. The quantitative estimate of drug-likeness (QED) is 0.328. The van der Waals surface area contributed by atoms with Crippen molar-refractivity contribution in [3.63, 3.8) is 0 Å². The number of allylic oxidation sites excluding steroid dienone is 1. The van der Waals surface area contributed by atoms with Crippen molar-refractivity contribution in [2.75, 3.05) is 0 Å². The van der Waals surface area contributed by atoms with E-state index in [4.69, 9.17) is 0 Å². The van der Waals surface area contributed by atoms with Gasteiger partial charge < -0.3 is 0 Å². The maximum atomic E-state index is 3.45. The van der Waals surface area contributed by atoms with E-state index in [2.05, 4.69) is 24.2 Å². The van der Waals surface area contributed by atoms with Crippen molar-refractivity contribution in [2.45, 2.75) is 20.3 Å². The van der Waals surface area contributed by atoms with Crippen molar-refractivity contribution in [1.29, 1.82) is 0 Å². The molecule has 0 aliphatic rings. The van der Waals surface area contributed by atoms with Gasteiger partial charge in [0.15, 0.2) is 0 Å². The third-order valence-electron chi connectivity index (χ3n) is 0.718. The molecule has 0 saturated carbocycles. The van der Waals surface area contributed by atoms with Crippen molar-refractivity contribution in [2.24, 2.45) is 0 Å². The zero-order chi connectivity index (χ0) is 6.41. The Balaban J connectivity index is 3.89. The van der Waals surface area contributed by atoms with E-state index >= 15 is 0 Å². The van der Waals surface area contributed by atoms with Crippen molar-refractivity contribution < 1.29 is 0 Å². The summed E-state index contributed by atoms with van der Waals surface area (Å²) in [6.45, 7) is 7.36. The molecule has 0 aliphatic carbocycles. The molecule has 0 aromatic heterocycles. The van der Waals surface area contributed by atoms with E-state index in [1.54, 1.807) is 0 Å². The van der Waals surface area contributed by atoms with Crippen LogP contribution < -0.4 is 0 Å². The maximum Gasteiger partial charge on any atom is 0.0400 e. The third-order valence-corrected chi connectivity index (χ3v) is 0.718. The lowest BCUT2D eigenvalue weighted by molar-refractivity contribution is 1.28. The lowest BCUT2D eigenvalue weighted by atomic mass is 10.3. The third kappa shape index (κ3) is 3.28. The van der Waals surface area contributed by atoms with Crippen LogP contribution in [0.2, 0.25) is 0 Å². The summed E-state index contributed by atoms with van der Waals surface area (Å²) >= 11 is 0. The Bertz CT molecular complexity index is 158. The molecule has 0 aromatic carbocycles. The van der Waals surface area contributed by atoms with Gasteiger partial charge >= 0.3 is 0 Å². The van der Waals surface area contributed by atoms with Crippen molar-refractivity contribution in [3.05, 3.63) is 17.9 Å². The standard InChI is InChI=1S/C8H10/c1-4-6-7-8(3)5-2/h2,4H2,1,3H3. The van der Waals surface area contributed by atoms with Gasteiger partial charge in [-0.15, -0.1) is 5.73 Å². The molecular formula is C8H10. The minimum absolute atomic E-state index is 0.902. The van der Waals surface area contributed by atoms with Gasteiger partial charge in [-0.25, -0.2) is 0 Å². The van der Waals surface area contributed by atoms with Gasteiger partial charge in [-0.05, 0) is 6.92 Å². The molecule has 0 bridgehead atoms. The van der Waals surface area contributed by atoms with E-state index in [0.29, 0.717) is 0 Å². The first kappa shape index (κ1) is 7.08. The van der Waals surface area contributed by atoms with Gasteiger partial charge in [0.05, 0.1) is 0 Å². The molecule has 0 N–H and O–H groups in total. The molecule has 42 valence electrons. The fourth-order valence-electron chi connectivity index (χ4n) is 0.265. The predicted molar refractivity (Wildman–Crippen MR) is 36.4 cm³/mol. The molecule has 0 aromatic rings. The largest absolute Gasteiger partial charge is 0.116 e. The summed E-state index contributed by atoms with van der Waals surface area (Å²) in [5.41, 5.74) is 3.62. The summed E-state index contributed by atoms with van der Waals surface area (Å²) in [5, 5.41) is 0. The SMILES string of the molecule is C=C=C(C)C#CCC. The molecule has 0 fully saturated rings. The number of rotatable bonds is 0. The summed E-state index contributed by atoms with van der Waals surface area (Å²) in [6.07, 6.45) is 0.902. The summed E-state index contributed by atoms with van der Waals surface area (Å²) < 4.78 is 0. The van der Waals surface area contributed by atoms with Crippen LogP contribution in [0.1, 0.15) is 20.3 Å². The Morgan fingerprint density at radius 2 is 2.25 bits per heavy atom. The summed E-state index contributed by atoms with van der Waals surface area (Å²) in [5.74, 6) is 5.78. The second-order valence-corrected chi connectivity index (χ2v) is 1.46. The van der Waals surface area contributed by atoms with Gasteiger partial charge in [0.1, 0.15) is 0 Å². The van der Waals surface area contributed by atoms with E-state index in [0.717, 1.165) is 12.0 Å². The van der Waals surface area contributed by atoms with Gasteiger partial charge in [-0.2, -0.15) is 0 Å². The van der Waals surface area contributed by atoms with E-state index in [1.165, 1.54) is 0 Å². The molecule has 0 heterocycles. The predicted octanol–water partition coefficient (Wildman–Crippen LogP) is 2.13. The Kier molecular flexibility index (Phi) is 3.76. The lowest BCUT2D eigenvalue weighted by Gasteiger charge is -1.73. The van der Waals surface area contributed by atoms with E-state index in [9.17, 15) is 0 Å². The van der Waals surface area contributed by atoms with Crippen LogP contribution in [0, 0.1) is 11.8 Å². The smallest absolute Gasteiger partial charge is 0.0400 e. The average Bonchev–Trinajstić information content (AvgIpc) is 1.83. The molecule has 0 saturated heterocycles. The van der Waals surface area contributed by atoms with Crippen LogP contribution in [-0.2, 0) is 0 Å². The molecule has 0 unspecified atom stereocenters. The van der Waals surface area contributed by atoms with E-state index in [-0.39, 0.29) is 0 Å². The zero-order valence-electron chi connectivity index (χ0n) is 5.41. The normalized spacial score (nSPS) is 6.25. The van der Waals surface area contributed by atoms with Crippen LogP contribution in [0.3, 0.4) is 0 Å². The highest BCUT2D eigenvalue weighted by Gasteiger charge is 1.69. The molecule has 0 atom stereocenters.